The van der Waals surface area contributed by atoms with Gasteiger partial charge in [-0.3, -0.25) is 0 Å². The highest BCUT2D eigenvalue weighted by molar-refractivity contribution is 5.93. The summed E-state index contributed by atoms with van der Waals surface area (Å²) in [4.78, 5) is 10.6. The second kappa shape index (κ2) is 4.61. The zero-order valence-corrected chi connectivity index (χ0v) is 8.16. The smallest absolute Gasteiger partial charge is 0.337 e. The third-order valence-corrected chi connectivity index (χ3v) is 2.08. The second-order valence-corrected chi connectivity index (χ2v) is 3.17. The lowest BCUT2D eigenvalue weighted by Gasteiger charge is -2.13. The zero-order chi connectivity index (χ0) is 12.3. The maximum absolute atomic E-state index is 10.6. The van der Waals surface area contributed by atoms with Crippen molar-refractivity contribution in [1.29, 1.82) is 5.26 Å². The fraction of sp³-hybridized carbons (Fsp3) is 0.200. The summed E-state index contributed by atoms with van der Waals surface area (Å²) >= 11 is 0. The van der Waals surface area contributed by atoms with Crippen molar-refractivity contribution in [3.8, 4) is 6.07 Å². The van der Waals surface area contributed by atoms with Crippen LogP contribution in [0.1, 0.15) is 22.0 Å². The number of aliphatic hydroxyl groups is 2. The molecule has 1 rings (SSSR count). The van der Waals surface area contributed by atoms with Crippen LogP contribution in [0.2, 0.25) is 0 Å². The quantitative estimate of drug-likeness (QED) is 0.417. The van der Waals surface area contributed by atoms with Gasteiger partial charge in [-0.05, 0) is 17.7 Å². The Morgan fingerprint density at radius 2 is 2.06 bits per heavy atom. The van der Waals surface area contributed by atoms with E-state index in [9.17, 15) is 9.90 Å². The van der Waals surface area contributed by atoms with Gasteiger partial charge in [-0.1, -0.05) is 6.07 Å². The molecular formula is C10H10N2O4. The molecule has 0 aromatic heterocycles. The molecule has 0 amide bonds. The van der Waals surface area contributed by atoms with Gasteiger partial charge in [0.2, 0.25) is 0 Å². The van der Waals surface area contributed by atoms with E-state index in [1.54, 1.807) is 0 Å². The average Bonchev–Trinajstić information content (AvgIpc) is 2.26. The summed E-state index contributed by atoms with van der Waals surface area (Å²) in [6, 6.07) is 5.19. The van der Waals surface area contributed by atoms with Gasteiger partial charge in [0.1, 0.15) is 6.10 Å². The van der Waals surface area contributed by atoms with E-state index < -0.39 is 18.2 Å². The highest BCUT2D eigenvalue weighted by Crippen LogP contribution is 2.21. The molecule has 0 bridgehead atoms. The van der Waals surface area contributed by atoms with Crippen LogP contribution >= 0.6 is 0 Å². The first-order valence-corrected chi connectivity index (χ1v) is 4.36. The zero-order valence-electron chi connectivity index (χ0n) is 8.16. The van der Waals surface area contributed by atoms with Gasteiger partial charge in [0.25, 0.3) is 0 Å². The number of nitrogens with zero attached hydrogens (tertiary/aromatic N) is 1. The number of nitriles is 1. The molecule has 0 radical (unpaired) electrons. The van der Waals surface area contributed by atoms with E-state index >= 15 is 0 Å². The van der Waals surface area contributed by atoms with E-state index in [1.807, 2.05) is 0 Å². The van der Waals surface area contributed by atoms with E-state index in [0.717, 1.165) is 0 Å². The molecule has 0 spiro atoms. The van der Waals surface area contributed by atoms with Crippen molar-refractivity contribution < 1.29 is 20.1 Å². The molecule has 0 aliphatic carbocycles. The summed E-state index contributed by atoms with van der Waals surface area (Å²) in [7, 11) is 0. The molecule has 2 unspecified atom stereocenters. The molecule has 84 valence electrons. The van der Waals surface area contributed by atoms with Crippen LogP contribution in [-0.2, 0) is 0 Å². The molecule has 0 saturated heterocycles. The van der Waals surface area contributed by atoms with Gasteiger partial charge in [0.05, 0.1) is 11.6 Å². The molecule has 1 aromatic carbocycles. The second-order valence-electron chi connectivity index (χ2n) is 3.17. The number of nitrogen functional groups attached to an aromatic ring is 1. The summed E-state index contributed by atoms with van der Waals surface area (Å²) in [5.74, 6) is -1.18. The molecule has 16 heavy (non-hydrogen) atoms. The Morgan fingerprint density at radius 1 is 1.44 bits per heavy atom. The van der Waals surface area contributed by atoms with Crippen LogP contribution in [0.4, 0.5) is 5.69 Å². The molecule has 5 N–H and O–H groups in total. The third-order valence-electron chi connectivity index (χ3n) is 2.08. The Bertz CT molecular complexity index is 453. The van der Waals surface area contributed by atoms with Crippen LogP contribution < -0.4 is 5.73 Å². The minimum atomic E-state index is -1.57. The number of aliphatic hydroxyl groups excluding tert-OH is 2. The highest BCUT2D eigenvalue weighted by Gasteiger charge is 2.19. The van der Waals surface area contributed by atoms with Crippen molar-refractivity contribution in [3.63, 3.8) is 0 Å². The summed E-state index contributed by atoms with van der Waals surface area (Å²) in [6.07, 6.45) is -2.98. The van der Waals surface area contributed by atoms with E-state index in [2.05, 4.69) is 0 Å². The molecule has 2 atom stereocenters. The lowest BCUT2D eigenvalue weighted by Crippen LogP contribution is -2.16. The van der Waals surface area contributed by atoms with Crippen molar-refractivity contribution in [3.05, 3.63) is 29.3 Å². The van der Waals surface area contributed by atoms with Crippen LogP contribution in [0.25, 0.3) is 0 Å². The number of carbonyl (C=O) groups is 1. The molecule has 0 saturated carbocycles. The monoisotopic (exact) mass is 222 g/mol. The SMILES string of the molecule is N#CC(O)C(O)c1ccc(C(=O)O)c(N)c1. The van der Waals surface area contributed by atoms with Crippen LogP contribution in [0.3, 0.4) is 0 Å². The van der Waals surface area contributed by atoms with Gasteiger partial charge in [0, 0.05) is 5.69 Å². The summed E-state index contributed by atoms with van der Waals surface area (Å²) < 4.78 is 0. The van der Waals surface area contributed by atoms with E-state index in [-0.39, 0.29) is 16.8 Å². The predicted molar refractivity (Wildman–Crippen MR) is 54.4 cm³/mol. The Morgan fingerprint density at radius 3 is 2.50 bits per heavy atom. The summed E-state index contributed by atoms with van der Waals surface area (Å²) in [5.41, 5.74) is 5.51. The Kier molecular flexibility index (Phi) is 3.45. The number of hydrogen-bond acceptors (Lipinski definition) is 5. The molecule has 1 aromatic rings. The van der Waals surface area contributed by atoms with Gasteiger partial charge in [0.15, 0.2) is 6.10 Å². The standard InChI is InChI=1S/C10H10N2O4/c11-4-8(13)9(14)5-1-2-6(10(15)16)7(12)3-5/h1-3,8-9,13-14H,12H2,(H,15,16). The van der Waals surface area contributed by atoms with Crippen molar-refractivity contribution in [2.24, 2.45) is 0 Å². The number of rotatable bonds is 3. The molecule has 0 aliphatic heterocycles. The van der Waals surface area contributed by atoms with Gasteiger partial charge in [-0.15, -0.1) is 0 Å². The van der Waals surface area contributed by atoms with Crippen LogP contribution in [0.15, 0.2) is 18.2 Å². The first-order chi connectivity index (χ1) is 7.47. The number of hydrogen-bond donors (Lipinski definition) is 4. The molecule has 6 nitrogen and oxygen atoms in total. The minimum Gasteiger partial charge on any atom is -0.478 e. The Hall–Kier alpha value is -2.10. The summed E-state index contributed by atoms with van der Waals surface area (Å²) in [6.45, 7) is 0. The van der Waals surface area contributed by atoms with Gasteiger partial charge < -0.3 is 21.1 Å². The van der Waals surface area contributed by atoms with Crippen LogP contribution in [0.5, 0.6) is 0 Å². The van der Waals surface area contributed by atoms with Gasteiger partial charge in [-0.2, -0.15) is 5.26 Å². The Balaban J connectivity index is 3.07. The lowest BCUT2D eigenvalue weighted by molar-refractivity contribution is 0.0528. The fourth-order valence-electron chi connectivity index (χ4n) is 1.21. The van der Waals surface area contributed by atoms with Crippen molar-refractivity contribution in [2.45, 2.75) is 12.2 Å². The topological polar surface area (TPSA) is 128 Å². The first-order valence-electron chi connectivity index (χ1n) is 4.36. The predicted octanol–water partition coefficient (Wildman–Crippen LogP) is -0.115. The maximum Gasteiger partial charge on any atom is 0.337 e. The molecular weight excluding hydrogens is 212 g/mol. The largest absolute Gasteiger partial charge is 0.478 e. The summed E-state index contributed by atoms with van der Waals surface area (Å²) in [5, 5.41) is 35.6. The van der Waals surface area contributed by atoms with Crippen LogP contribution in [0, 0.1) is 11.3 Å². The maximum atomic E-state index is 10.6. The molecule has 0 heterocycles. The number of anilines is 1. The molecule has 0 aliphatic rings. The average molecular weight is 222 g/mol. The van der Waals surface area contributed by atoms with Gasteiger partial charge in [-0.25, -0.2) is 4.79 Å². The van der Waals surface area contributed by atoms with E-state index in [0.29, 0.717) is 0 Å². The number of aromatic carboxylic acids is 1. The molecule has 0 fully saturated rings. The number of carboxylic acid groups (broad SMARTS) is 1. The normalized spacial score (nSPS) is 13.8. The number of carboxylic acids is 1. The lowest BCUT2D eigenvalue weighted by atomic mass is 10.0. The fourth-order valence-corrected chi connectivity index (χ4v) is 1.21. The highest BCUT2D eigenvalue weighted by atomic mass is 16.4. The molecule has 6 heteroatoms. The third kappa shape index (κ3) is 2.28. The minimum absolute atomic E-state index is 0.0332. The first kappa shape index (κ1) is 12.0. The van der Waals surface area contributed by atoms with Crippen LogP contribution in [-0.4, -0.2) is 27.4 Å². The van der Waals surface area contributed by atoms with E-state index in [4.69, 9.17) is 21.2 Å². The van der Waals surface area contributed by atoms with Crippen molar-refractivity contribution in [2.75, 3.05) is 5.73 Å². The van der Waals surface area contributed by atoms with Crippen molar-refractivity contribution in [1.82, 2.24) is 0 Å². The number of nitrogens with two attached hydrogens (primary N) is 1. The number of benzene rings is 1. The van der Waals surface area contributed by atoms with E-state index in [1.165, 1.54) is 24.3 Å². The Labute approximate surface area is 91.2 Å². The van der Waals surface area contributed by atoms with Crippen molar-refractivity contribution >= 4 is 11.7 Å². The van der Waals surface area contributed by atoms with Gasteiger partial charge >= 0.3 is 5.97 Å².